The highest BCUT2D eigenvalue weighted by Gasteiger charge is 2.14. The fourth-order valence-corrected chi connectivity index (χ4v) is 3.65. The molecule has 150 valence electrons. The highest BCUT2D eigenvalue weighted by atomic mass is 35.5. The Morgan fingerprint density at radius 3 is 2.76 bits per heavy atom. The summed E-state index contributed by atoms with van der Waals surface area (Å²) in [6, 6.07) is 14.9. The largest absolute Gasteiger partial charge is 0.497 e. The highest BCUT2D eigenvalue weighted by Crippen LogP contribution is 2.21. The Kier molecular flexibility index (Phi) is 7.32. The first-order chi connectivity index (χ1) is 14.1. The van der Waals surface area contributed by atoms with Crippen molar-refractivity contribution in [3.8, 4) is 5.75 Å². The van der Waals surface area contributed by atoms with Gasteiger partial charge in [0.2, 0.25) is 5.91 Å². The number of anilines is 1. The molecule has 8 heteroatoms. The number of methoxy groups -OCH3 is 1. The Morgan fingerprint density at radius 2 is 2.07 bits per heavy atom. The number of aromatic nitrogens is 3. The number of carbonyl (C=O) groups excluding carboxylic acids is 1. The number of ether oxygens (including phenoxy) is 1. The van der Waals surface area contributed by atoms with Crippen molar-refractivity contribution in [3.05, 3.63) is 77.6 Å². The fraction of sp³-hybridized carbons (Fsp3) is 0.190. The highest BCUT2D eigenvalue weighted by molar-refractivity contribution is 7.99. The summed E-state index contributed by atoms with van der Waals surface area (Å²) in [5.74, 6) is 1.70. The molecule has 0 fully saturated rings. The van der Waals surface area contributed by atoms with Gasteiger partial charge in [0.15, 0.2) is 5.16 Å². The Hall–Kier alpha value is -2.77. The van der Waals surface area contributed by atoms with E-state index in [-0.39, 0.29) is 11.7 Å². The minimum Gasteiger partial charge on any atom is -0.497 e. The lowest BCUT2D eigenvalue weighted by molar-refractivity contribution is -0.113. The van der Waals surface area contributed by atoms with Crippen LogP contribution in [0.5, 0.6) is 5.75 Å². The number of carbonyl (C=O) groups is 1. The van der Waals surface area contributed by atoms with Crippen LogP contribution in [0.25, 0.3) is 0 Å². The summed E-state index contributed by atoms with van der Waals surface area (Å²) in [6.07, 6.45) is 2.41. The van der Waals surface area contributed by atoms with Crippen LogP contribution in [-0.4, -0.2) is 33.5 Å². The lowest BCUT2D eigenvalue weighted by atomic mass is 10.1. The molecule has 0 aliphatic heterocycles. The molecule has 3 rings (SSSR count). The molecule has 0 saturated carbocycles. The van der Waals surface area contributed by atoms with E-state index < -0.39 is 0 Å². The molecule has 0 atom stereocenters. The summed E-state index contributed by atoms with van der Waals surface area (Å²) in [7, 11) is 1.64. The van der Waals surface area contributed by atoms with Crippen molar-refractivity contribution in [2.75, 3.05) is 18.2 Å². The van der Waals surface area contributed by atoms with Gasteiger partial charge in [0.1, 0.15) is 11.6 Å². The van der Waals surface area contributed by atoms with Crippen LogP contribution in [0.2, 0.25) is 5.02 Å². The third-order valence-corrected chi connectivity index (χ3v) is 5.27. The van der Waals surface area contributed by atoms with Crippen LogP contribution in [0.1, 0.15) is 11.4 Å². The number of benzene rings is 2. The predicted molar refractivity (Wildman–Crippen MR) is 117 cm³/mol. The van der Waals surface area contributed by atoms with E-state index in [1.807, 2.05) is 28.8 Å². The zero-order valence-electron chi connectivity index (χ0n) is 16.0. The van der Waals surface area contributed by atoms with E-state index in [1.165, 1.54) is 11.8 Å². The van der Waals surface area contributed by atoms with E-state index >= 15 is 0 Å². The van der Waals surface area contributed by atoms with Gasteiger partial charge in [-0.3, -0.25) is 4.79 Å². The zero-order valence-corrected chi connectivity index (χ0v) is 17.5. The summed E-state index contributed by atoms with van der Waals surface area (Å²) in [4.78, 5) is 12.3. The molecule has 0 radical (unpaired) electrons. The monoisotopic (exact) mass is 428 g/mol. The van der Waals surface area contributed by atoms with Crippen molar-refractivity contribution < 1.29 is 9.53 Å². The standard InChI is InChI=1S/C21H21ClN4O2S/c1-3-11-26-19(12-15-7-9-18(28-2)10-8-15)24-25-21(26)29-14-20(27)23-17-6-4-5-16(22)13-17/h3-10,13H,1,11-12,14H2,2H3,(H,23,27). The first kappa shape index (κ1) is 21.0. The molecule has 0 bridgehead atoms. The van der Waals surface area contributed by atoms with Gasteiger partial charge in [-0.25, -0.2) is 0 Å². The van der Waals surface area contributed by atoms with Crippen LogP contribution in [0.15, 0.2) is 66.3 Å². The smallest absolute Gasteiger partial charge is 0.234 e. The minimum absolute atomic E-state index is 0.137. The second kappa shape index (κ2) is 10.1. The number of allylic oxidation sites excluding steroid dienone is 1. The average Bonchev–Trinajstić information content (AvgIpc) is 3.09. The number of hydrogen-bond acceptors (Lipinski definition) is 5. The normalized spacial score (nSPS) is 10.6. The van der Waals surface area contributed by atoms with Gasteiger partial charge in [-0.15, -0.1) is 16.8 Å². The van der Waals surface area contributed by atoms with E-state index in [4.69, 9.17) is 16.3 Å². The lowest BCUT2D eigenvalue weighted by Crippen LogP contribution is -2.14. The van der Waals surface area contributed by atoms with Gasteiger partial charge in [-0.05, 0) is 35.9 Å². The zero-order chi connectivity index (χ0) is 20.6. The van der Waals surface area contributed by atoms with Crippen molar-refractivity contribution in [2.45, 2.75) is 18.1 Å². The summed E-state index contributed by atoms with van der Waals surface area (Å²) in [6.45, 7) is 4.38. The third kappa shape index (κ3) is 5.85. The van der Waals surface area contributed by atoms with Crippen molar-refractivity contribution in [3.63, 3.8) is 0 Å². The number of halogens is 1. The molecule has 1 N–H and O–H groups in total. The van der Waals surface area contributed by atoms with E-state index in [1.54, 1.807) is 37.5 Å². The number of amides is 1. The maximum atomic E-state index is 12.3. The molecule has 1 heterocycles. The Balaban J connectivity index is 1.65. The van der Waals surface area contributed by atoms with Gasteiger partial charge < -0.3 is 14.6 Å². The van der Waals surface area contributed by atoms with Gasteiger partial charge in [0, 0.05) is 23.7 Å². The molecule has 0 aliphatic carbocycles. The molecule has 0 saturated heterocycles. The SMILES string of the molecule is C=CCn1c(Cc2ccc(OC)cc2)nnc1SCC(=O)Nc1cccc(Cl)c1. The minimum atomic E-state index is -0.137. The van der Waals surface area contributed by atoms with Crippen LogP contribution in [0.4, 0.5) is 5.69 Å². The summed E-state index contributed by atoms with van der Waals surface area (Å²) in [5.41, 5.74) is 1.76. The summed E-state index contributed by atoms with van der Waals surface area (Å²) in [5, 5.41) is 12.6. The predicted octanol–water partition coefficient (Wildman–Crippen LogP) is 4.45. The molecular formula is C21H21ClN4O2S. The van der Waals surface area contributed by atoms with Gasteiger partial charge in [-0.2, -0.15) is 0 Å². The van der Waals surface area contributed by atoms with Crippen LogP contribution in [-0.2, 0) is 17.8 Å². The maximum Gasteiger partial charge on any atom is 0.234 e. The average molecular weight is 429 g/mol. The van der Waals surface area contributed by atoms with Gasteiger partial charge in [0.05, 0.1) is 12.9 Å². The summed E-state index contributed by atoms with van der Waals surface area (Å²) >= 11 is 7.28. The molecule has 3 aromatic rings. The molecular weight excluding hydrogens is 408 g/mol. The summed E-state index contributed by atoms with van der Waals surface area (Å²) < 4.78 is 7.16. The topological polar surface area (TPSA) is 69.0 Å². The number of nitrogens with zero attached hydrogens (tertiary/aromatic N) is 3. The lowest BCUT2D eigenvalue weighted by Gasteiger charge is -2.09. The Bertz CT molecular complexity index is 989. The van der Waals surface area contributed by atoms with Crippen LogP contribution in [0, 0.1) is 0 Å². The molecule has 0 unspecified atom stereocenters. The molecule has 0 aliphatic rings. The van der Waals surface area contributed by atoms with Crippen LogP contribution < -0.4 is 10.1 Å². The molecule has 1 amide bonds. The second-order valence-corrected chi connectivity index (χ2v) is 7.55. The molecule has 29 heavy (non-hydrogen) atoms. The second-order valence-electron chi connectivity index (χ2n) is 6.17. The molecule has 1 aromatic heterocycles. The number of nitrogens with one attached hydrogen (secondary N) is 1. The number of hydrogen-bond donors (Lipinski definition) is 1. The van der Waals surface area contributed by atoms with E-state index in [9.17, 15) is 4.79 Å². The first-order valence-electron chi connectivity index (χ1n) is 8.93. The Labute approximate surface area is 178 Å². The van der Waals surface area contributed by atoms with Crippen molar-refractivity contribution in [2.24, 2.45) is 0 Å². The maximum absolute atomic E-state index is 12.3. The molecule has 2 aromatic carbocycles. The van der Waals surface area contributed by atoms with E-state index in [2.05, 4.69) is 22.1 Å². The molecule has 6 nitrogen and oxygen atoms in total. The number of thioether (sulfide) groups is 1. The quantitative estimate of drug-likeness (QED) is 0.403. The van der Waals surface area contributed by atoms with E-state index in [0.29, 0.717) is 28.8 Å². The first-order valence-corrected chi connectivity index (χ1v) is 10.3. The Morgan fingerprint density at radius 1 is 1.28 bits per heavy atom. The van der Waals surface area contributed by atoms with E-state index in [0.717, 1.165) is 17.1 Å². The third-order valence-electron chi connectivity index (χ3n) is 4.07. The van der Waals surface area contributed by atoms with Crippen molar-refractivity contribution >= 4 is 35.0 Å². The van der Waals surface area contributed by atoms with Gasteiger partial charge in [0.25, 0.3) is 0 Å². The van der Waals surface area contributed by atoms with Crippen molar-refractivity contribution in [1.29, 1.82) is 0 Å². The molecule has 0 spiro atoms. The van der Waals surface area contributed by atoms with Crippen LogP contribution >= 0.6 is 23.4 Å². The fourth-order valence-electron chi connectivity index (χ4n) is 2.69. The van der Waals surface area contributed by atoms with Gasteiger partial charge >= 0.3 is 0 Å². The van der Waals surface area contributed by atoms with Crippen LogP contribution in [0.3, 0.4) is 0 Å². The van der Waals surface area contributed by atoms with Crippen molar-refractivity contribution in [1.82, 2.24) is 14.8 Å². The van der Waals surface area contributed by atoms with Gasteiger partial charge in [-0.1, -0.05) is 47.6 Å². The number of rotatable bonds is 9.